The van der Waals surface area contributed by atoms with E-state index in [2.05, 4.69) is 24.4 Å². The predicted molar refractivity (Wildman–Crippen MR) is 136 cm³/mol. The highest BCUT2D eigenvalue weighted by atomic mass is 32.1. The minimum absolute atomic E-state index is 0.132. The summed E-state index contributed by atoms with van der Waals surface area (Å²) in [6.07, 6.45) is 0.997. The van der Waals surface area contributed by atoms with Crippen LogP contribution in [0.5, 0.6) is 17.2 Å². The van der Waals surface area contributed by atoms with Crippen molar-refractivity contribution in [3.05, 3.63) is 63.9 Å². The molecule has 1 aliphatic rings. The number of pyridine rings is 1. The van der Waals surface area contributed by atoms with Gasteiger partial charge in [0.1, 0.15) is 5.75 Å². The fourth-order valence-corrected chi connectivity index (χ4v) is 4.12. The summed E-state index contributed by atoms with van der Waals surface area (Å²) in [6, 6.07) is 13.4. The number of quaternary nitrogens is 1. The van der Waals surface area contributed by atoms with Crippen LogP contribution in [0.3, 0.4) is 0 Å². The third-order valence-electron chi connectivity index (χ3n) is 5.72. The van der Waals surface area contributed by atoms with E-state index >= 15 is 0 Å². The van der Waals surface area contributed by atoms with Crippen LogP contribution in [-0.2, 0) is 13.1 Å². The fraction of sp³-hybridized carbons (Fsp3) is 0.360. The van der Waals surface area contributed by atoms with Gasteiger partial charge in [-0.1, -0.05) is 6.07 Å². The summed E-state index contributed by atoms with van der Waals surface area (Å²) >= 11 is 5.75. The number of hydrogen-bond donors (Lipinski definition) is 3. The van der Waals surface area contributed by atoms with Crippen LogP contribution in [0.15, 0.2) is 47.3 Å². The van der Waals surface area contributed by atoms with Crippen molar-refractivity contribution in [2.45, 2.75) is 19.5 Å². The Morgan fingerprint density at radius 1 is 1.15 bits per heavy atom. The van der Waals surface area contributed by atoms with E-state index in [4.69, 9.17) is 26.4 Å². The number of fused-ring (bicyclic) bond motifs is 2. The first-order valence-electron chi connectivity index (χ1n) is 11.3. The maximum atomic E-state index is 12.9. The summed E-state index contributed by atoms with van der Waals surface area (Å²) in [5.74, 6) is 2.20. The van der Waals surface area contributed by atoms with E-state index in [0.717, 1.165) is 53.2 Å². The van der Waals surface area contributed by atoms with Gasteiger partial charge in [0.15, 0.2) is 16.6 Å². The van der Waals surface area contributed by atoms with Gasteiger partial charge in [-0.05, 0) is 54.2 Å². The number of nitrogens with one attached hydrogen (secondary N) is 3. The molecule has 4 rings (SSSR count). The zero-order valence-corrected chi connectivity index (χ0v) is 20.6. The fourth-order valence-electron chi connectivity index (χ4n) is 3.89. The minimum atomic E-state index is -0.132. The molecule has 180 valence electrons. The van der Waals surface area contributed by atoms with E-state index in [1.807, 2.05) is 47.4 Å². The molecular formula is C25H31N4O4S+. The molecule has 34 heavy (non-hydrogen) atoms. The number of H-pyrrole nitrogens is 1. The van der Waals surface area contributed by atoms with Gasteiger partial charge in [0.2, 0.25) is 6.79 Å². The topological polar surface area (TPSA) is 80.3 Å². The summed E-state index contributed by atoms with van der Waals surface area (Å²) < 4.78 is 16.3. The molecule has 9 heteroatoms. The Kier molecular flexibility index (Phi) is 7.54. The van der Waals surface area contributed by atoms with Crippen molar-refractivity contribution < 1.29 is 19.1 Å². The predicted octanol–water partition coefficient (Wildman–Crippen LogP) is 1.68. The van der Waals surface area contributed by atoms with Crippen molar-refractivity contribution in [3.8, 4) is 17.2 Å². The van der Waals surface area contributed by atoms with Crippen LogP contribution in [0.25, 0.3) is 10.9 Å². The lowest BCUT2D eigenvalue weighted by molar-refractivity contribution is -0.858. The van der Waals surface area contributed by atoms with Crippen LogP contribution in [0.4, 0.5) is 0 Å². The zero-order chi connectivity index (χ0) is 24.1. The molecule has 8 nitrogen and oxygen atoms in total. The first-order valence-corrected chi connectivity index (χ1v) is 11.7. The molecule has 3 N–H and O–H groups in total. The van der Waals surface area contributed by atoms with Gasteiger partial charge in [-0.3, -0.25) is 4.79 Å². The number of hydrogen-bond acceptors (Lipinski definition) is 5. The zero-order valence-electron chi connectivity index (χ0n) is 19.8. The van der Waals surface area contributed by atoms with Gasteiger partial charge in [0, 0.05) is 36.0 Å². The molecule has 3 aromatic rings. The Labute approximate surface area is 204 Å². The van der Waals surface area contributed by atoms with Gasteiger partial charge in [0.25, 0.3) is 5.56 Å². The molecule has 0 bridgehead atoms. The lowest BCUT2D eigenvalue weighted by Crippen LogP contribution is -3.05. The van der Waals surface area contributed by atoms with Crippen LogP contribution in [0, 0.1) is 0 Å². The number of thiocarbonyl (C=S) groups is 1. The lowest BCUT2D eigenvalue weighted by atomic mass is 10.1. The summed E-state index contributed by atoms with van der Waals surface area (Å²) in [5, 5.41) is 4.88. The molecule has 2 aromatic carbocycles. The number of aromatic amines is 1. The molecular weight excluding hydrogens is 452 g/mol. The highest BCUT2D eigenvalue weighted by Crippen LogP contribution is 2.33. The molecule has 0 spiro atoms. The Morgan fingerprint density at radius 2 is 1.97 bits per heavy atom. The molecule has 0 atom stereocenters. The standard InChI is InChI=1S/C25H30N4O4S/c1-28(2)10-4-9-26-25(34)29(14-17-5-8-22-23(11-17)33-16-32-22)15-19-12-18-13-20(31-3)6-7-21(18)27-24(19)30/h5-8,11-13H,4,9-10,14-16H2,1-3H3,(H,26,34)(H,27,30)/p+1. The Hall–Kier alpha value is -3.30. The van der Waals surface area contributed by atoms with Crippen molar-refractivity contribution >= 4 is 28.2 Å². The van der Waals surface area contributed by atoms with Crippen LogP contribution in [0.2, 0.25) is 0 Å². The molecule has 0 fully saturated rings. The molecule has 2 heterocycles. The number of rotatable bonds is 9. The van der Waals surface area contributed by atoms with Gasteiger partial charge in [0.05, 0.1) is 34.3 Å². The third kappa shape index (κ3) is 5.78. The summed E-state index contributed by atoms with van der Waals surface area (Å²) in [6.45, 7) is 2.93. The normalized spacial score (nSPS) is 12.2. The number of benzene rings is 2. The number of ether oxygens (including phenoxy) is 3. The maximum Gasteiger partial charge on any atom is 0.253 e. The van der Waals surface area contributed by atoms with E-state index in [9.17, 15) is 4.79 Å². The molecule has 0 amide bonds. The lowest BCUT2D eigenvalue weighted by Gasteiger charge is -2.26. The maximum absolute atomic E-state index is 12.9. The highest BCUT2D eigenvalue weighted by molar-refractivity contribution is 7.80. The van der Waals surface area contributed by atoms with Crippen molar-refractivity contribution in [2.24, 2.45) is 0 Å². The van der Waals surface area contributed by atoms with Gasteiger partial charge in [-0.25, -0.2) is 0 Å². The Bertz CT molecular complexity index is 1230. The highest BCUT2D eigenvalue weighted by Gasteiger charge is 2.18. The molecule has 0 saturated carbocycles. The van der Waals surface area contributed by atoms with Crippen LogP contribution < -0.4 is 30.0 Å². The monoisotopic (exact) mass is 483 g/mol. The van der Waals surface area contributed by atoms with Gasteiger partial charge < -0.3 is 34.3 Å². The molecule has 0 radical (unpaired) electrons. The van der Waals surface area contributed by atoms with Gasteiger partial charge in [-0.15, -0.1) is 0 Å². The second kappa shape index (κ2) is 10.8. The Balaban J connectivity index is 1.57. The van der Waals surface area contributed by atoms with Crippen molar-refractivity contribution in [1.82, 2.24) is 15.2 Å². The minimum Gasteiger partial charge on any atom is -0.497 e. The largest absolute Gasteiger partial charge is 0.497 e. The molecule has 0 aliphatic carbocycles. The van der Waals surface area contributed by atoms with Gasteiger partial charge >= 0.3 is 0 Å². The van der Waals surface area contributed by atoms with E-state index in [1.165, 1.54) is 4.90 Å². The molecule has 1 aliphatic heterocycles. The van der Waals surface area contributed by atoms with Crippen molar-refractivity contribution in [3.63, 3.8) is 0 Å². The van der Waals surface area contributed by atoms with Crippen LogP contribution in [-0.4, -0.2) is 56.1 Å². The first kappa shape index (κ1) is 23.8. The first-order chi connectivity index (χ1) is 16.4. The van der Waals surface area contributed by atoms with Gasteiger partial charge in [-0.2, -0.15) is 0 Å². The average molecular weight is 484 g/mol. The van der Waals surface area contributed by atoms with E-state index in [0.29, 0.717) is 23.8 Å². The third-order valence-corrected chi connectivity index (χ3v) is 6.12. The number of aromatic nitrogens is 1. The average Bonchev–Trinajstić information content (AvgIpc) is 3.29. The second-order valence-corrected chi connectivity index (χ2v) is 9.05. The SMILES string of the molecule is COc1ccc2[nH]c(=O)c(CN(Cc3ccc4c(c3)OCO4)C(=S)NCCC[NH+](C)C)cc2c1. The molecule has 0 saturated heterocycles. The van der Waals surface area contributed by atoms with E-state index in [-0.39, 0.29) is 12.4 Å². The second-order valence-electron chi connectivity index (χ2n) is 8.66. The van der Waals surface area contributed by atoms with E-state index in [1.54, 1.807) is 7.11 Å². The van der Waals surface area contributed by atoms with Crippen molar-refractivity contribution in [2.75, 3.05) is 41.1 Å². The van der Waals surface area contributed by atoms with Crippen LogP contribution in [0.1, 0.15) is 17.5 Å². The summed E-state index contributed by atoms with van der Waals surface area (Å²) in [7, 11) is 5.89. The van der Waals surface area contributed by atoms with Crippen molar-refractivity contribution in [1.29, 1.82) is 0 Å². The molecule has 1 aromatic heterocycles. The number of methoxy groups -OCH3 is 1. The quantitative estimate of drug-likeness (QED) is 0.316. The summed E-state index contributed by atoms with van der Waals surface area (Å²) in [5.41, 5.74) is 2.28. The number of nitrogens with zero attached hydrogens (tertiary/aromatic N) is 1. The Morgan fingerprint density at radius 3 is 2.76 bits per heavy atom. The van der Waals surface area contributed by atoms with Crippen LogP contribution >= 0.6 is 12.2 Å². The van der Waals surface area contributed by atoms with E-state index < -0.39 is 0 Å². The smallest absolute Gasteiger partial charge is 0.253 e. The molecule has 0 unspecified atom stereocenters. The summed E-state index contributed by atoms with van der Waals surface area (Å²) in [4.78, 5) is 19.2.